The molecule has 1 unspecified atom stereocenters. The Morgan fingerprint density at radius 2 is 2.25 bits per heavy atom. The van der Waals surface area contributed by atoms with Crippen LogP contribution in [0, 0.1) is 5.82 Å². The number of carboxylic acids is 1. The Kier molecular flexibility index (Phi) is 4.29. The van der Waals surface area contributed by atoms with Crippen LogP contribution in [0.25, 0.3) is 10.9 Å². The number of nitrogens with zero attached hydrogens (tertiary/aromatic N) is 2. The second kappa shape index (κ2) is 5.96. The predicted molar refractivity (Wildman–Crippen MR) is 74.9 cm³/mol. The van der Waals surface area contributed by atoms with Crippen molar-refractivity contribution in [2.75, 3.05) is 7.05 Å². The molecular weight excluding hydrogens is 259 g/mol. The molecule has 0 aliphatic rings. The Hall–Kier alpha value is -2.01. The second-order valence-electron chi connectivity index (χ2n) is 4.82. The molecule has 0 spiro atoms. The summed E-state index contributed by atoms with van der Waals surface area (Å²) in [5.74, 6) is -1.21. The van der Waals surface area contributed by atoms with Crippen LogP contribution in [0.3, 0.4) is 0 Å². The molecule has 5 heteroatoms. The number of fused-ring (bicyclic) bond motifs is 1. The lowest BCUT2D eigenvalue weighted by atomic mass is 10.1. The molecule has 0 bridgehead atoms. The average Bonchev–Trinajstić information content (AvgIpc) is 2.38. The Labute approximate surface area is 116 Å². The van der Waals surface area contributed by atoms with Crippen molar-refractivity contribution in [3.05, 3.63) is 41.8 Å². The van der Waals surface area contributed by atoms with Gasteiger partial charge in [-0.15, -0.1) is 0 Å². The molecule has 0 saturated heterocycles. The molecule has 0 aliphatic carbocycles. The van der Waals surface area contributed by atoms with Gasteiger partial charge < -0.3 is 5.11 Å². The standard InChI is InChI=1S/C15H17FN2O2/c1-3-13(15(19)20)18(2)9-11-8-12(16)7-10-5-4-6-17-14(10)11/h4-8,13H,3,9H2,1-2H3,(H,19,20). The SMILES string of the molecule is CCC(C(=O)O)N(C)Cc1cc(F)cc2cccnc12. The Morgan fingerprint density at radius 3 is 2.90 bits per heavy atom. The molecule has 0 aliphatic heterocycles. The fourth-order valence-electron chi connectivity index (χ4n) is 2.40. The molecule has 4 nitrogen and oxygen atoms in total. The first kappa shape index (κ1) is 14.4. The van der Waals surface area contributed by atoms with Gasteiger partial charge in [0.25, 0.3) is 0 Å². The van der Waals surface area contributed by atoms with Crippen LogP contribution >= 0.6 is 0 Å². The third kappa shape index (κ3) is 2.93. The first-order chi connectivity index (χ1) is 9.52. The van der Waals surface area contributed by atoms with E-state index in [2.05, 4.69) is 4.98 Å². The summed E-state index contributed by atoms with van der Waals surface area (Å²) in [6.45, 7) is 2.16. The summed E-state index contributed by atoms with van der Waals surface area (Å²) in [5.41, 5.74) is 1.41. The molecule has 0 amide bonds. The molecule has 0 saturated carbocycles. The van der Waals surface area contributed by atoms with Crippen LogP contribution in [0.2, 0.25) is 0 Å². The van der Waals surface area contributed by atoms with E-state index in [1.165, 1.54) is 12.1 Å². The summed E-state index contributed by atoms with van der Waals surface area (Å²) in [7, 11) is 1.72. The number of hydrogen-bond acceptors (Lipinski definition) is 3. The van der Waals surface area contributed by atoms with Crippen molar-refractivity contribution >= 4 is 16.9 Å². The zero-order valence-corrected chi connectivity index (χ0v) is 11.5. The van der Waals surface area contributed by atoms with Crippen molar-refractivity contribution in [3.8, 4) is 0 Å². The Balaban J connectivity index is 2.36. The molecule has 2 rings (SSSR count). The maximum absolute atomic E-state index is 13.6. The van der Waals surface area contributed by atoms with Crippen molar-refractivity contribution in [1.29, 1.82) is 0 Å². The number of carbonyl (C=O) groups is 1. The van der Waals surface area contributed by atoms with E-state index < -0.39 is 12.0 Å². The lowest BCUT2D eigenvalue weighted by Gasteiger charge is -2.23. The number of hydrogen-bond donors (Lipinski definition) is 1. The first-order valence-corrected chi connectivity index (χ1v) is 6.49. The van der Waals surface area contributed by atoms with E-state index in [-0.39, 0.29) is 5.82 Å². The Morgan fingerprint density at radius 1 is 1.50 bits per heavy atom. The van der Waals surface area contributed by atoms with Gasteiger partial charge in [0.15, 0.2) is 0 Å². The summed E-state index contributed by atoms with van der Waals surface area (Å²) < 4.78 is 13.6. The second-order valence-corrected chi connectivity index (χ2v) is 4.82. The number of pyridine rings is 1. The molecule has 20 heavy (non-hydrogen) atoms. The molecule has 1 aromatic carbocycles. The van der Waals surface area contributed by atoms with Gasteiger partial charge in [-0.3, -0.25) is 14.7 Å². The van der Waals surface area contributed by atoms with Crippen LogP contribution in [-0.2, 0) is 11.3 Å². The topological polar surface area (TPSA) is 53.4 Å². The highest BCUT2D eigenvalue weighted by Crippen LogP contribution is 2.20. The number of benzene rings is 1. The van der Waals surface area contributed by atoms with E-state index in [1.807, 2.05) is 6.92 Å². The van der Waals surface area contributed by atoms with Crippen molar-refractivity contribution in [1.82, 2.24) is 9.88 Å². The van der Waals surface area contributed by atoms with Gasteiger partial charge in [-0.1, -0.05) is 13.0 Å². The smallest absolute Gasteiger partial charge is 0.320 e. The molecule has 1 heterocycles. The maximum atomic E-state index is 13.6. The van der Waals surface area contributed by atoms with Gasteiger partial charge >= 0.3 is 5.97 Å². The molecule has 0 radical (unpaired) electrons. The highest BCUT2D eigenvalue weighted by Gasteiger charge is 2.21. The highest BCUT2D eigenvalue weighted by atomic mass is 19.1. The predicted octanol–water partition coefficient (Wildman–Crippen LogP) is 2.67. The zero-order valence-electron chi connectivity index (χ0n) is 11.5. The quantitative estimate of drug-likeness (QED) is 0.912. The first-order valence-electron chi connectivity index (χ1n) is 6.49. The lowest BCUT2D eigenvalue weighted by molar-refractivity contribution is -0.143. The van der Waals surface area contributed by atoms with Crippen LogP contribution < -0.4 is 0 Å². The van der Waals surface area contributed by atoms with Crippen LogP contribution in [0.4, 0.5) is 4.39 Å². The number of likely N-dealkylation sites (N-methyl/N-ethyl adjacent to an activating group) is 1. The third-order valence-electron chi connectivity index (χ3n) is 3.37. The Bertz CT molecular complexity index is 630. The average molecular weight is 276 g/mol. The summed E-state index contributed by atoms with van der Waals surface area (Å²) in [6.07, 6.45) is 2.14. The van der Waals surface area contributed by atoms with Crippen LogP contribution in [0.1, 0.15) is 18.9 Å². The zero-order chi connectivity index (χ0) is 14.7. The van der Waals surface area contributed by atoms with Crippen LogP contribution in [0.5, 0.6) is 0 Å². The van der Waals surface area contributed by atoms with E-state index >= 15 is 0 Å². The normalized spacial score (nSPS) is 12.8. The van der Waals surface area contributed by atoms with Gasteiger partial charge in [-0.2, -0.15) is 0 Å². The van der Waals surface area contributed by atoms with Gasteiger partial charge in [-0.05, 0) is 37.2 Å². The number of rotatable bonds is 5. The van der Waals surface area contributed by atoms with Gasteiger partial charge in [0.2, 0.25) is 0 Å². The van der Waals surface area contributed by atoms with Gasteiger partial charge in [0, 0.05) is 18.1 Å². The van der Waals surface area contributed by atoms with E-state index in [0.717, 1.165) is 5.39 Å². The molecule has 106 valence electrons. The van der Waals surface area contributed by atoms with E-state index in [0.29, 0.717) is 24.0 Å². The van der Waals surface area contributed by atoms with E-state index in [1.54, 1.807) is 30.3 Å². The highest BCUT2D eigenvalue weighted by molar-refractivity contribution is 5.81. The summed E-state index contributed by atoms with van der Waals surface area (Å²) in [5, 5.41) is 9.88. The van der Waals surface area contributed by atoms with Gasteiger partial charge in [0.1, 0.15) is 11.9 Å². The van der Waals surface area contributed by atoms with Gasteiger partial charge in [-0.25, -0.2) is 4.39 Å². The minimum absolute atomic E-state index is 0.336. The number of halogens is 1. The summed E-state index contributed by atoms with van der Waals surface area (Å²) >= 11 is 0. The largest absolute Gasteiger partial charge is 0.480 e. The minimum atomic E-state index is -0.872. The van der Waals surface area contributed by atoms with Crippen LogP contribution in [-0.4, -0.2) is 34.0 Å². The number of aliphatic carboxylic acids is 1. The third-order valence-corrected chi connectivity index (χ3v) is 3.37. The van der Waals surface area contributed by atoms with Crippen LogP contribution in [0.15, 0.2) is 30.5 Å². The molecule has 2 aromatic rings. The van der Waals surface area contributed by atoms with Crippen molar-refractivity contribution in [2.45, 2.75) is 25.9 Å². The molecule has 1 N–H and O–H groups in total. The monoisotopic (exact) mass is 276 g/mol. The molecular formula is C15H17FN2O2. The fraction of sp³-hybridized carbons (Fsp3) is 0.333. The number of carboxylic acid groups (broad SMARTS) is 1. The summed E-state index contributed by atoms with van der Waals surface area (Å²) in [4.78, 5) is 17.1. The maximum Gasteiger partial charge on any atom is 0.320 e. The van der Waals surface area contributed by atoms with Crippen molar-refractivity contribution in [3.63, 3.8) is 0 Å². The number of aromatic nitrogens is 1. The molecule has 0 fully saturated rings. The fourth-order valence-corrected chi connectivity index (χ4v) is 2.40. The molecule has 1 aromatic heterocycles. The summed E-state index contributed by atoms with van der Waals surface area (Å²) in [6, 6.07) is 5.81. The van der Waals surface area contributed by atoms with E-state index in [9.17, 15) is 9.18 Å². The van der Waals surface area contributed by atoms with Crippen molar-refractivity contribution < 1.29 is 14.3 Å². The minimum Gasteiger partial charge on any atom is -0.480 e. The lowest BCUT2D eigenvalue weighted by Crippen LogP contribution is -2.37. The van der Waals surface area contributed by atoms with E-state index in [4.69, 9.17) is 5.11 Å². The molecule has 1 atom stereocenters. The van der Waals surface area contributed by atoms with Gasteiger partial charge in [0.05, 0.1) is 5.52 Å². The van der Waals surface area contributed by atoms with Crippen molar-refractivity contribution in [2.24, 2.45) is 0 Å².